The van der Waals surface area contributed by atoms with E-state index in [1.807, 2.05) is 97.1 Å². The second-order valence-electron chi connectivity index (χ2n) is 13.5. The highest BCUT2D eigenvalue weighted by Gasteiger charge is 2.66. The molecule has 2 saturated heterocycles. The molecule has 2 aliphatic carbocycles. The van der Waals surface area contributed by atoms with Crippen LogP contribution in [0.3, 0.4) is 0 Å². The highest BCUT2D eigenvalue weighted by Crippen LogP contribution is 2.63. The van der Waals surface area contributed by atoms with Gasteiger partial charge in [0, 0.05) is 30.1 Å². The molecule has 10 rings (SSSR count). The van der Waals surface area contributed by atoms with E-state index in [1.54, 1.807) is 0 Å². The van der Waals surface area contributed by atoms with E-state index in [0.717, 1.165) is 77.9 Å². The first-order valence-electron chi connectivity index (χ1n) is 16.7. The van der Waals surface area contributed by atoms with Gasteiger partial charge in [-0.3, -0.25) is 0 Å². The predicted octanol–water partition coefficient (Wildman–Crippen LogP) is 14.1. The molecule has 0 N–H and O–H groups in total. The average molecular weight is 797 g/mol. The van der Waals surface area contributed by atoms with Crippen molar-refractivity contribution in [3.8, 4) is 22.3 Å². The lowest BCUT2D eigenvalue weighted by atomic mass is 9.85. The third-order valence-corrected chi connectivity index (χ3v) is 11.8. The highest BCUT2D eigenvalue weighted by molar-refractivity contribution is 6.33. The minimum Gasteiger partial charge on any atom is -0.361 e. The lowest BCUT2D eigenvalue weighted by Gasteiger charge is -2.17. The first-order valence-corrected chi connectivity index (χ1v) is 19.0. The maximum Gasteiger partial charge on any atom is 0.146 e. The van der Waals surface area contributed by atoms with Crippen LogP contribution < -0.4 is 0 Å². The van der Waals surface area contributed by atoms with Gasteiger partial charge in [0.1, 0.15) is 17.8 Å². The molecule has 3 atom stereocenters. The molecule has 6 aromatic carbocycles. The van der Waals surface area contributed by atoms with Gasteiger partial charge in [0.2, 0.25) is 0 Å². The molecule has 0 bridgehead atoms. The van der Waals surface area contributed by atoms with Crippen LogP contribution >= 0.6 is 69.6 Å². The zero-order valence-corrected chi connectivity index (χ0v) is 31.5. The summed E-state index contributed by atoms with van der Waals surface area (Å²) < 4.78 is 13.1. The third-order valence-electron chi connectivity index (χ3n) is 10.4. The minimum atomic E-state index is -0.703. The van der Waals surface area contributed by atoms with Crippen LogP contribution in [-0.2, 0) is 15.1 Å². The Morgan fingerprint density at radius 3 is 1.48 bits per heavy atom. The van der Waals surface area contributed by atoms with Crippen molar-refractivity contribution in [2.45, 2.75) is 17.8 Å². The van der Waals surface area contributed by atoms with Crippen molar-refractivity contribution in [3.05, 3.63) is 184 Å². The van der Waals surface area contributed by atoms with E-state index in [-0.39, 0.29) is 12.2 Å². The van der Waals surface area contributed by atoms with Crippen molar-refractivity contribution in [2.75, 3.05) is 6.61 Å². The van der Waals surface area contributed by atoms with Gasteiger partial charge >= 0.3 is 0 Å². The smallest absolute Gasteiger partial charge is 0.146 e. The van der Waals surface area contributed by atoms with Crippen LogP contribution in [0.5, 0.6) is 0 Å². The van der Waals surface area contributed by atoms with E-state index in [2.05, 4.69) is 24.3 Å². The lowest BCUT2D eigenvalue weighted by Crippen LogP contribution is -2.19. The monoisotopic (exact) mass is 794 g/mol. The molecule has 52 heavy (non-hydrogen) atoms. The Kier molecular flexibility index (Phi) is 7.79. The summed E-state index contributed by atoms with van der Waals surface area (Å²) in [5.74, 6) is 0. The van der Waals surface area contributed by atoms with E-state index in [9.17, 15) is 0 Å². The summed E-state index contributed by atoms with van der Waals surface area (Å²) in [5, 5.41) is 3.93. The standard InChI is InChI=1S/C44H24Cl6O2/c45-24-5-1-22(2-6-24)13-32-34-15-26(47)9-11-30(34)40-36(32)17-28(49)19-38(40)42-43(52-42)44(21-51-44)39-20-29(50)18-37-33(14-23-3-7-25(46)8-4-23)35-16-27(48)10-12-31(35)41(37)39/h1-20,42-43H,21H2/b32-13-,33-14-/t42-,43-,44-/m1/s1. The summed E-state index contributed by atoms with van der Waals surface area (Å²) in [7, 11) is 0. The molecule has 2 fully saturated rings. The highest BCUT2D eigenvalue weighted by atomic mass is 35.5. The number of hydrogen-bond donors (Lipinski definition) is 0. The second kappa shape index (κ2) is 12.2. The Balaban J connectivity index is 1.09. The maximum atomic E-state index is 6.95. The van der Waals surface area contributed by atoms with Gasteiger partial charge in [-0.15, -0.1) is 0 Å². The fraction of sp³-hybridized carbons (Fsp3) is 0.0909. The summed E-state index contributed by atoms with van der Waals surface area (Å²) in [6.07, 6.45) is 3.78. The molecule has 4 aliphatic rings. The number of fused-ring (bicyclic) bond motifs is 6. The van der Waals surface area contributed by atoms with Gasteiger partial charge in [-0.25, -0.2) is 0 Å². The number of hydrogen-bond acceptors (Lipinski definition) is 2. The summed E-state index contributed by atoms with van der Waals surface area (Å²) in [4.78, 5) is 0. The second-order valence-corrected chi connectivity index (χ2v) is 16.2. The van der Waals surface area contributed by atoms with Crippen molar-refractivity contribution >= 4 is 92.9 Å². The molecule has 6 aromatic rings. The van der Waals surface area contributed by atoms with E-state index in [1.165, 1.54) is 0 Å². The topological polar surface area (TPSA) is 25.1 Å². The van der Waals surface area contributed by atoms with Gasteiger partial charge in [-0.1, -0.05) is 106 Å². The van der Waals surface area contributed by atoms with E-state index >= 15 is 0 Å². The van der Waals surface area contributed by atoms with E-state index in [4.69, 9.17) is 79.1 Å². The van der Waals surface area contributed by atoms with Crippen LogP contribution in [0.2, 0.25) is 30.1 Å². The molecule has 0 saturated carbocycles. The van der Waals surface area contributed by atoms with Crippen LogP contribution in [0.25, 0.3) is 45.6 Å². The third kappa shape index (κ3) is 5.39. The Labute approximate surface area is 330 Å². The Morgan fingerprint density at radius 1 is 0.481 bits per heavy atom. The average Bonchev–Trinajstić information content (AvgIpc) is 4.05. The molecule has 2 aliphatic heterocycles. The normalized spacial score (nSPS) is 22.0. The maximum absolute atomic E-state index is 6.95. The van der Waals surface area contributed by atoms with Gasteiger partial charge in [0.05, 0.1) is 6.61 Å². The zero-order chi connectivity index (χ0) is 35.5. The number of ether oxygens (including phenoxy) is 2. The Morgan fingerprint density at radius 2 is 0.942 bits per heavy atom. The molecule has 0 spiro atoms. The molecule has 0 unspecified atom stereocenters. The molecule has 0 amide bonds. The molecule has 2 heterocycles. The van der Waals surface area contributed by atoms with Crippen molar-refractivity contribution in [2.24, 2.45) is 0 Å². The Hall–Kier alpha value is -3.54. The molecule has 0 aromatic heterocycles. The first kappa shape index (κ1) is 33.1. The summed E-state index contributed by atoms with van der Waals surface area (Å²) in [6.45, 7) is 0.497. The van der Waals surface area contributed by atoms with Crippen LogP contribution in [0, 0.1) is 0 Å². The fourth-order valence-corrected chi connectivity index (χ4v) is 9.07. The molecule has 8 heteroatoms. The van der Waals surface area contributed by atoms with Gasteiger partial charge < -0.3 is 9.47 Å². The number of benzene rings is 6. The number of halogens is 6. The van der Waals surface area contributed by atoms with Gasteiger partial charge in [-0.05, 0) is 163 Å². The van der Waals surface area contributed by atoms with E-state index < -0.39 is 5.60 Å². The quantitative estimate of drug-likeness (QED) is 0.162. The van der Waals surface area contributed by atoms with Crippen molar-refractivity contribution in [1.29, 1.82) is 0 Å². The predicted molar refractivity (Wildman–Crippen MR) is 216 cm³/mol. The first-order chi connectivity index (χ1) is 25.2. The van der Waals surface area contributed by atoms with E-state index in [0.29, 0.717) is 36.7 Å². The van der Waals surface area contributed by atoms with Crippen LogP contribution in [0.15, 0.2) is 109 Å². The lowest BCUT2D eigenvalue weighted by molar-refractivity contribution is 0.237. The largest absolute Gasteiger partial charge is 0.361 e. The molecular formula is C44H24Cl6O2. The van der Waals surface area contributed by atoms with Crippen LogP contribution in [0.1, 0.15) is 50.6 Å². The molecule has 0 radical (unpaired) electrons. The van der Waals surface area contributed by atoms with Gasteiger partial charge in [-0.2, -0.15) is 0 Å². The SMILES string of the molecule is Clc1ccc(/C=C2/c3cc(Cl)ccc3-c3c2cc(Cl)cc3[C@H]2O[C@H]2[C@]2(c3cc(Cl)cc4c3-c3ccc(Cl)cc3/C4=C/c3ccc(Cl)cc3)CO2)cc1. The number of epoxide rings is 2. The zero-order valence-electron chi connectivity index (χ0n) is 27.0. The van der Waals surface area contributed by atoms with Crippen molar-refractivity contribution in [1.82, 2.24) is 0 Å². The Bertz CT molecular complexity index is 2570. The summed E-state index contributed by atoms with van der Waals surface area (Å²) in [5.41, 5.74) is 13.9. The summed E-state index contributed by atoms with van der Waals surface area (Å²) >= 11 is 39.5. The molecule has 254 valence electrons. The van der Waals surface area contributed by atoms with Gasteiger partial charge in [0.25, 0.3) is 0 Å². The minimum absolute atomic E-state index is 0.266. The summed E-state index contributed by atoms with van der Waals surface area (Å²) in [6, 6.07) is 35.7. The molecular weight excluding hydrogens is 773 g/mol. The number of rotatable bonds is 5. The molecule has 2 nitrogen and oxygen atoms in total. The van der Waals surface area contributed by atoms with Crippen LogP contribution in [-0.4, -0.2) is 12.7 Å². The fourth-order valence-electron chi connectivity index (χ4n) is 8.03. The van der Waals surface area contributed by atoms with Crippen LogP contribution in [0.4, 0.5) is 0 Å². The van der Waals surface area contributed by atoms with Crippen molar-refractivity contribution in [3.63, 3.8) is 0 Å². The van der Waals surface area contributed by atoms with Gasteiger partial charge in [0.15, 0.2) is 0 Å². The van der Waals surface area contributed by atoms with Crippen molar-refractivity contribution < 1.29 is 9.47 Å².